The van der Waals surface area contributed by atoms with Crippen molar-refractivity contribution < 1.29 is 33.7 Å². The summed E-state index contributed by atoms with van der Waals surface area (Å²) >= 11 is 0. The van der Waals surface area contributed by atoms with E-state index >= 15 is 0 Å². The molecular formula is C13H12INO. The largest absolute Gasteiger partial charge is 1.00 e. The van der Waals surface area contributed by atoms with E-state index in [4.69, 9.17) is 5.11 Å². The van der Waals surface area contributed by atoms with Crippen molar-refractivity contribution in [3.63, 3.8) is 0 Å². The van der Waals surface area contributed by atoms with Crippen molar-refractivity contribution in [3.8, 4) is 5.75 Å². The van der Waals surface area contributed by atoms with Gasteiger partial charge in [-0.25, -0.2) is 0 Å². The van der Waals surface area contributed by atoms with Gasteiger partial charge in [0.05, 0.1) is 0 Å². The minimum Gasteiger partial charge on any atom is -1.00 e. The third-order valence-corrected chi connectivity index (χ3v) is 2.07. The lowest BCUT2D eigenvalue weighted by molar-refractivity contribution is -0.567. The number of rotatable bonds is 2. The highest BCUT2D eigenvalue weighted by Gasteiger charge is 1.91. The molecule has 0 spiro atoms. The van der Waals surface area contributed by atoms with Crippen LogP contribution in [-0.2, 0) is 0 Å². The molecular weight excluding hydrogens is 313 g/mol. The van der Waals surface area contributed by atoms with Crippen LogP contribution in [0.2, 0.25) is 0 Å². The third-order valence-electron chi connectivity index (χ3n) is 2.07. The first kappa shape index (κ1) is 12.7. The molecule has 1 aromatic heterocycles. The maximum absolute atomic E-state index is 9.11. The molecule has 82 valence electrons. The molecule has 2 nitrogen and oxygen atoms in total. The smallest absolute Gasteiger partial charge is 0.175 e. The van der Waals surface area contributed by atoms with Crippen molar-refractivity contribution >= 4 is 12.3 Å². The molecule has 0 saturated carbocycles. The average Bonchev–Trinajstić information content (AvgIpc) is 2.30. The Morgan fingerprint density at radius 3 is 2.19 bits per heavy atom. The van der Waals surface area contributed by atoms with Crippen LogP contribution in [0.4, 0.5) is 0 Å². The molecule has 0 amide bonds. The summed E-state index contributed by atoms with van der Waals surface area (Å²) in [7, 11) is 0. The summed E-state index contributed by atoms with van der Waals surface area (Å²) in [6.07, 6.45) is 7.89. The maximum atomic E-state index is 9.11. The van der Waals surface area contributed by atoms with E-state index < -0.39 is 0 Å². The molecule has 2 aromatic rings. The van der Waals surface area contributed by atoms with E-state index in [2.05, 4.69) is 0 Å². The quantitative estimate of drug-likeness (QED) is 0.574. The molecule has 0 bridgehead atoms. The molecule has 0 saturated heterocycles. The third kappa shape index (κ3) is 3.66. The van der Waals surface area contributed by atoms with E-state index in [-0.39, 0.29) is 24.0 Å². The van der Waals surface area contributed by atoms with Gasteiger partial charge in [0.15, 0.2) is 18.6 Å². The molecule has 1 heterocycles. The second-order valence-electron chi connectivity index (χ2n) is 3.23. The number of hydrogen-bond acceptors (Lipinski definition) is 1. The van der Waals surface area contributed by atoms with Gasteiger partial charge in [0.1, 0.15) is 5.75 Å². The number of aromatic hydroxyl groups is 1. The Kier molecular flexibility index (Phi) is 4.98. The maximum Gasteiger partial charge on any atom is 0.175 e. The Morgan fingerprint density at radius 2 is 1.56 bits per heavy atom. The number of pyridine rings is 1. The molecule has 0 fully saturated rings. The van der Waals surface area contributed by atoms with Gasteiger partial charge in [-0.3, -0.25) is 0 Å². The number of benzene rings is 1. The summed E-state index contributed by atoms with van der Waals surface area (Å²) < 4.78 is 1.97. The van der Waals surface area contributed by atoms with Gasteiger partial charge in [-0.1, -0.05) is 18.2 Å². The minimum atomic E-state index is 0. The zero-order chi connectivity index (χ0) is 10.5. The normalized spacial score (nSPS) is 10.0. The van der Waals surface area contributed by atoms with Crippen LogP contribution in [-0.4, -0.2) is 5.11 Å². The fourth-order valence-electron chi connectivity index (χ4n) is 1.27. The number of nitrogens with zero attached hydrogens (tertiary/aromatic N) is 1. The molecule has 0 aliphatic heterocycles. The molecule has 2 rings (SSSR count). The van der Waals surface area contributed by atoms with E-state index in [1.165, 1.54) is 0 Å². The number of halogens is 1. The first-order valence-electron chi connectivity index (χ1n) is 4.77. The molecule has 16 heavy (non-hydrogen) atoms. The van der Waals surface area contributed by atoms with Crippen molar-refractivity contribution in [1.29, 1.82) is 0 Å². The van der Waals surface area contributed by atoms with E-state index in [9.17, 15) is 0 Å². The number of aromatic nitrogens is 1. The summed E-state index contributed by atoms with van der Waals surface area (Å²) in [6, 6.07) is 13.0. The second-order valence-corrected chi connectivity index (χ2v) is 3.23. The lowest BCUT2D eigenvalue weighted by Crippen LogP contribution is -3.00. The van der Waals surface area contributed by atoms with Gasteiger partial charge in [0.25, 0.3) is 0 Å². The lowest BCUT2D eigenvalue weighted by atomic mass is 10.2. The summed E-state index contributed by atoms with van der Waals surface area (Å²) in [4.78, 5) is 0. The number of phenols is 1. The Hall–Kier alpha value is -1.36. The Morgan fingerprint density at radius 1 is 0.938 bits per heavy atom. The Labute approximate surface area is 112 Å². The molecule has 1 aromatic carbocycles. The van der Waals surface area contributed by atoms with Gasteiger partial charge in [0, 0.05) is 18.2 Å². The minimum absolute atomic E-state index is 0. The van der Waals surface area contributed by atoms with Crippen molar-refractivity contribution in [2.75, 3.05) is 0 Å². The van der Waals surface area contributed by atoms with Crippen LogP contribution in [0, 0.1) is 0 Å². The van der Waals surface area contributed by atoms with Crippen LogP contribution in [0.15, 0.2) is 54.9 Å². The monoisotopic (exact) mass is 325 g/mol. The standard InChI is InChI=1S/C13H11NO.HI/c15-13-6-4-12(5-7-13)8-11-14-9-2-1-3-10-14;/h1-11H;1H. The molecule has 1 N–H and O–H groups in total. The van der Waals surface area contributed by atoms with Gasteiger partial charge in [-0.2, -0.15) is 4.57 Å². The lowest BCUT2D eigenvalue weighted by Gasteiger charge is -1.92. The van der Waals surface area contributed by atoms with Crippen LogP contribution < -0.4 is 28.5 Å². The van der Waals surface area contributed by atoms with Crippen LogP contribution in [0.25, 0.3) is 12.3 Å². The van der Waals surface area contributed by atoms with Crippen LogP contribution >= 0.6 is 0 Å². The average molecular weight is 325 g/mol. The van der Waals surface area contributed by atoms with E-state index in [1.807, 2.05) is 59.6 Å². The highest BCUT2D eigenvalue weighted by atomic mass is 127. The predicted molar refractivity (Wildman–Crippen MR) is 60.0 cm³/mol. The predicted octanol–water partition coefficient (Wildman–Crippen LogP) is -0.688. The first-order chi connectivity index (χ1) is 7.34. The number of hydrogen-bond donors (Lipinski definition) is 1. The molecule has 3 heteroatoms. The molecule has 0 aliphatic carbocycles. The number of phenolic OH excluding ortho intramolecular Hbond substituents is 1. The molecule has 0 aliphatic rings. The second kappa shape index (κ2) is 6.27. The van der Waals surface area contributed by atoms with E-state index in [0.717, 1.165) is 5.56 Å². The van der Waals surface area contributed by atoms with Gasteiger partial charge in [-0.15, -0.1) is 0 Å². The first-order valence-corrected chi connectivity index (χ1v) is 4.77. The van der Waals surface area contributed by atoms with Crippen LogP contribution in [0.3, 0.4) is 0 Å². The van der Waals surface area contributed by atoms with Crippen molar-refractivity contribution in [2.45, 2.75) is 0 Å². The SMILES string of the molecule is Oc1ccc(C=C[n+]2ccccc2)cc1.[I-]. The van der Waals surface area contributed by atoms with Crippen LogP contribution in [0.5, 0.6) is 5.75 Å². The van der Waals surface area contributed by atoms with Crippen molar-refractivity contribution in [1.82, 2.24) is 0 Å². The van der Waals surface area contributed by atoms with Gasteiger partial charge in [-0.05, 0) is 17.7 Å². The van der Waals surface area contributed by atoms with E-state index in [0.29, 0.717) is 5.75 Å². The fourth-order valence-corrected chi connectivity index (χ4v) is 1.27. The Balaban J connectivity index is 0.00000128. The van der Waals surface area contributed by atoms with E-state index in [1.54, 1.807) is 12.1 Å². The summed E-state index contributed by atoms with van der Waals surface area (Å²) in [5.41, 5.74) is 1.06. The molecule has 0 atom stereocenters. The summed E-state index contributed by atoms with van der Waals surface area (Å²) in [6.45, 7) is 0. The highest BCUT2D eigenvalue weighted by Crippen LogP contribution is 2.10. The van der Waals surface area contributed by atoms with Crippen molar-refractivity contribution in [3.05, 3.63) is 60.4 Å². The molecule has 0 radical (unpaired) electrons. The zero-order valence-corrected chi connectivity index (χ0v) is 10.8. The zero-order valence-electron chi connectivity index (χ0n) is 8.62. The summed E-state index contributed by atoms with van der Waals surface area (Å²) in [5, 5.41) is 9.11. The van der Waals surface area contributed by atoms with Crippen molar-refractivity contribution in [2.24, 2.45) is 0 Å². The summed E-state index contributed by atoms with van der Waals surface area (Å²) in [5.74, 6) is 0.291. The van der Waals surface area contributed by atoms with Gasteiger partial charge in [0.2, 0.25) is 0 Å². The molecule has 0 unspecified atom stereocenters. The fraction of sp³-hybridized carbons (Fsp3) is 0. The van der Waals surface area contributed by atoms with Crippen LogP contribution in [0.1, 0.15) is 5.56 Å². The van der Waals surface area contributed by atoms with Gasteiger partial charge >= 0.3 is 0 Å². The van der Waals surface area contributed by atoms with Gasteiger partial charge < -0.3 is 29.1 Å². The highest BCUT2D eigenvalue weighted by molar-refractivity contribution is 5.57. The topological polar surface area (TPSA) is 24.1 Å². The Bertz CT molecular complexity index is 451.